The predicted octanol–water partition coefficient (Wildman–Crippen LogP) is 2.46. The summed E-state index contributed by atoms with van der Waals surface area (Å²) in [5.74, 6) is 0.0485. The van der Waals surface area contributed by atoms with Crippen LogP contribution in [0.4, 0.5) is 11.4 Å². The van der Waals surface area contributed by atoms with E-state index in [2.05, 4.69) is 5.32 Å². The van der Waals surface area contributed by atoms with Gasteiger partial charge >= 0.3 is 0 Å². The molecule has 21 heavy (non-hydrogen) atoms. The summed E-state index contributed by atoms with van der Waals surface area (Å²) in [5, 5.41) is 2.68. The Kier molecular flexibility index (Phi) is 5.11. The van der Waals surface area contributed by atoms with Crippen LogP contribution in [0.15, 0.2) is 48.5 Å². The molecule has 0 heterocycles. The normalized spacial score (nSPS) is 11.9. The summed E-state index contributed by atoms with van der Waals surface area (Å²) in [6.07, 6.45) is 0. The molecule has 110 valence electrons. The largest absolute Gasteiger partial charge is 0.397 e. The summed E-state index contributed by atoms with van der Waals surface area (Å²) in [7, 11) is -1.24. The first-order valence-corrected chi connectivity index (χ1v) is 8.09. The van der Waals surface area contributed by atoms with Crippen LogP contribution in [0.1, 0.15) is 11.1 Å². The maximum atomic E-state index is 12.1. The molecule has 0 spiro atoms. The Morgan fingerprint density at radius 3 is 2.52 bits per heavy atom. The number of aryl methyl sites for hydroxylation is 1. The van der Waals surface area contributed by atoms with E-state index in [0.29, 0.717) is 17.1 Å². The minimum absolute atomic E-state index is 0.0390. The first-order chi connectivity index (χ1) is 10.1. The van der Waals surface area contributed by atoms with Crippen LogP contribution in [0.5, 0.6) is 0 Å². The fraction of sp³-hybridized carbons (Fsp3) is 0.188. The molecule has 0 radical (unpaired) electrons. The van der Waals surface area contributed by atoms with E-state index in [1.165, 1.54) is 0 Å². The summed E-state index contributed by atoms with van der Waals surface area (Å²) >= 11 is 0. The Morgan fingerprint density at radius 1 is 1.14 bits per heavy atom. The third-order valence-corrected chi connectivity index (χ3v) is 4.32. The van der Waals surface area contributed by atoms with Crippen molar-refractivity contribution in [2.24, 2.45) is 0 Å². The van der Waals surface area contributed by atoms with Crippen LogP contribution in [-0.4, -0.2) is 15.9 Å². The van der Waals surface area contributed by atoms with Crippen LogP contribution in [0.3, 0.4) is 0 Å². The van der Waals surface area contributed by atoms with E-state index in [1.54, 1.807) is 24.3 Å². The van der Waals surface area contributed by atoms with Crippen molar-refractivity contribution < 1.29 is 9.00 Å². The lowest BCUT2D eigenvalue weighted by atomic mass is 10.1. The van der Waals surface area contributed by atoms with Crippen LogP contribution >= 0.6 is 0 Å². The maximum absolute atomic E-state index is 12.1. The van der Waals surface area contributed by atoms with E-state index in [4.69, 9.17) is 5.73 Å². The van der Waals surface area contributed by atoms with Crippen LogP contribution in [0.25, 0.3) is 0 Å². The molecule has 2 aromatic carbocycles. The zero-order valence-electron chi connectivity index (χ0n) is 11.8. The lowest BCUT2D eigenvalue weighted by Crippen LogP contribution is -2.21. The molecule has 0 fully saturated rings. The highest BCUT2D eigenvalue weighted by Crippen LogP contribution is 2.16. The molecular formula is C16H18N2O2S. The summed E-state index contributed by atoms with van der Waals surface area (Å²) in [5.41, 5.74) is 8.88. The van der Waals surface area contributed by atoms with Gasteiger partial charge in [0.15, 0.2) is 0 Å². The van der Waals surface area contributed by atoms with E-state index in [1.807, 2.05) is 31.2 Å². The summed E-state index contributed by atoms with van der Waals surface area (Å²) in [6.45, 7) is 1.97. The van der Waals surface area contributed by atoms with Crippen molar-refractivity contribution >= 4 is 28.1 Å². The van der Waals surface area contributed by atoms with Crippen molar-refractivity contribution in [3.63, 3.8) is 0 Å². The zero-order valence-corrected chi connectivity index (χ0v) is 12.7. The van der Waals surface area contributed by atoms with Crippen molar-refractivity contribution in [3.05, 3.63) is 59.7 Å². The highest BCUT2D eigenvalue weighted by molar-refractivity contribution is 7.84. The van der Waals surface area contributed by atoms with Crippen molar-refractivity contribution in [2.75, 3.05) is 16.8 Å². The van der Waals surface area contributed by atoms with E-state index in [-0.39, 0.29) is 11.7 Å². The topological polar surface area (TPSA) is 72.2 Å². The molecule has 0 aliphatic carbocycles. The Balaban J connectivity index is 1.93. The first kappa shape index (κ1) is 15.3. The average molecular weight is 302 g/mol. The molecule has 2 aromatic rings. The highest BCUT2D eigenvalue weighted by Gasteiger charge is 2.11. The Bertz CT molecular complexity index is 613. The number of carbonyl (C=O) groups excluding carboxylic acids is 1. The molecule has 1 unspecified atom stereocenters. The van der Waals surface area contributed by atoms with Gasteiger partial charge in [-0.25, -0.2) is 0 Å². The van der Waals surface area contributed by atoms with Gasteiger partial charge in [-0.2, -0.15) is 0 Å². The monoisotopic (exact) mass is 302 g/mol. The van der Waals surface area contributed by atoms with Gasteiger partial charge in [-0.1, -0.05) is 36.4 Å². The second-order valence-corrected chi connectivity index (χ2v) is 6.25. The van der Waals surface area contributed by atoms with Crippen molar-refractivity contribution in [3.8, 4) is 0 Å². The van der Waals surface area contributed by atoms with Gasteiger partial charge in [-0.15, -0.1) is 0 Å². The molecule has 1 atom stereocenters. The molecule has 0 aromatic heterocycles. The zero-order chi connectivity index (χ0) is 15.2. The molecular weight excluding hydrogens is 284 g/mol. The van der Waals surface area contributed by atoms with Crippen molar-refractivity contribution in [2.45, 2.75) is 12.7 Å². The Labute approximate surface area is 126 Å². The van der Waals surface area contributed by atoms with Crippen molar-refractivity contribution in [1.82, 2.24) is 0 Å². The molecule has 5 heteroatoms. The van der Waals surface area contributed by atoms with E-state index < -0.39 is 10.8 Å². The molecule has 0 saturated heterocycles. The minimum atomic E-state index is -1.24. The number of nitrogens with two attached hydrogens (primary N) is 1. The fourth-order valence-corrected chi connectivity index (χ4v) is 3.08. The molecule has 0 aliphatic rings. The number of hydrogen-bond acceptors (Lipinski definition) is 3. The standard InChI is InChI=1S/C16H18N2O2S/c1-12-6-2-3-7-13(12)10-21(20)11-16(19)18-15-9-5-4-8-14(15)17/h2-9H,10-11,17H2,1H3,(H,18,19). The molecule has 0 aliphatic heterocycles. The number of nitrogen functional groups attached to an aromatic ring is 1. The van der Waals surface area contributed by atoms with Crippen LogP contribution in [0, 0.1) is 6.92 Å². The average Bonchev–Trinajstić information content (AvgIpc) is 2.44. The highest BCUT2D eigenvalue weighted by atomic mass is 32.2. The molecule has 0 saturated carbocycles. The van der Waals surface area contributed by atoms with Crippen molar-refractivity contribution in [1.29, 1.82) is 0 Å². The van der Waals surface area contributed by atoms with Crippen LogP contribution < -0.4 is 11.1 Å². The van der Waals surface area contributed by atoms with Gasteiger partial charge < -0.3 is 11.1 Å². The van der Waals surface area contributed by atoms with E-state index in [9.17, 15) is 9.00 Å². The number of carbonyl (C=O) groups is 1. The maximum Gasteiger partial charge on any atom is 0.237 e. The third-order valence-electron chi connectivity index (χ3n) is 3.10. The van der Waals surface area contributed by atoms with Gasteiger partial charge in [0, 0.05) is 16.6 Å². The Hall–Kier alpha value is -2.14. The second-order valence-electron chi connectivity index (χ2n) is 4.79. The number of nitrogens with one attached hydrogen (secondary N) is 1. The first-order valence-electron chi connectivity index (χ1n) is 6.60. The number of rotatable bonds is 5. The lowest BCUT2D eigenvalue weighted by molar-refractivity contribution is -0.113. The Morgan fingerprint density at radius 2 is 1.81 bits per heavy atom. The van der Waals surface area contributed by atoms with Gasteiger partial charge in [0.1, 0.15) is 5.75 Å². The molecule has 1 amide bonds. The van der Waals surface area contributed by atoms with Crippen LogP contribution in [-0.2, 0) is 21.3 Å². The van der Waals surface area contributed by atoms with Gasteiger partial charge in [0.2, 0.25) is 5.91 Å². The number of amides is 1. The SMILES string of the molecule is Cc1ccccc1CS(=O)CC(=O)Nc1ccccc1N. The molecule has 2 rings (SSSR count). The third kappa shape index (κ3) is 4.43. The lowest BCUT2D eigenvalue weighted by Gasteiger charge is -2.08. The molecule has 3 N–H and O–H groups in total. The molecule has 4 nitrogen and oxygen atoms in total. The van der Waals surface area contributed by atoms with Gasteiger partial charge in [-0.05, 0) is 30.2 Å². The smallest absolute Gasteiger partial charge is 0.237 e. The summed E-state index contributed by atoms with van der Waals surface area (Å²) in [4.78, 5) is 11.9. The number of hydrogen-bond donors (Lipinski definition) is 2. The van der Waals surface area contributed by atoms with Crippen LogP contribution in [0.2, 0.25) is 0 Å². The number of anilines is 2. The van der Waals surface area contributed by atoms with E-state index in [0.717, 1.165) is 11.1 Å². The fourth-order valence-electron chi connectivity index (χ4n) is 1.94. The minimum Gasteiger partial charge on any atom is -0.397 e. The van der Waals surface area contributed by atoms with Gasteiger partial charge in [0.25, 0.3) is 0 Å². The summed E-state index contributed by atoms with van der Waals surface area (Å²) < 4.78 is 12.1. The second kappa shape index (κ2) is 7.04. The van der Waals surface area contributed by atoms with E-state index >= 15 is 0 Å². The molecule has 0 bridgehead atoms. The van der Waals surface area contributed by atoms with Gasteiger partial charge in [-0.3, -0.25) is 9.00 Å². The number of benzene rings is 2. The van der Waals surface area contributed by atoms with Gasteiger partial charge in [0.05, 0.1) is 11.4 Å². The summed E-state index contributed by atoms with van der Waals surface area (Å²) in [6, 6.07) is 14.8. The number of para-hydroxylation sites is 2. The predicted molar refractivity (Wildman–Crippen MR) is 87.4 cm³/mol. The quantitative estimate of drug-likeness (QED) is 0.833.